The molecule has 0 aromatic carbocycles. The summed E-state index contributed by atoms with van der Waals surface area (Å²) < 4.78 is 4.79. The first-order valence-corrected chi connectivity index (χ1v) is 8.29. The Morgan fingerprint density at radius 2 is 1.68 bits per heavy atom. The maximum atomic E-state index is 12.2. The summed E-state index contributed by atoms with van der Waals surface area (Å²) in [7, 11) is 3.10. The van der Waals surface area contributed by atoms with Crippen molar-refractivity contribution in [3.8, 4) is 0 Å². The van der Waals surface area contributed by atoms with E-state index in [-0.39, 0.29) is 36.1 Å². The molecule has 1 aliphatic carbocycles. The molecule has 9 heteroatoms. The Balaban J connectivity index is 1.76. The minimum absolute atomic E-state index is 0.199. The van der Waals surface area contributed by atoms with E-state index in [2.05, 4.69) is 5.32 Å². The van der Waals surface area contributed by atoms with Crippen molar-refractivity contribution in [1.82, 2.24) is 15.1 Å². The molecule has 4 amide bonds. The Morgan fingerprint density at radius 1 is 1.12 bits per heavy atom. The minimum atomic E-state index is -0.825. The summed E-state index contributed by atoms with van der Waals surface area (Å²) >= 11 is 0. The van der Waals surface area contributed by atoms with E-state index in [1.165, 1.54) is 4.90 Å². The number of rotatable bonds is 6. The van der Waals surface area contributed by atoms with Gasteiger partial charge in [0.1, 0.15) is 6.54 Å². The molecule has 0 radical (unpaired) electrons. The van der Waals surface area contributed by atoms with Gasteiger partial charge in [0.15, 0.2) is 6.61 Å². The lowest BCUT2D eigenvalue weighted by atomic mass is 9.81. The van der Waals surface area contributed by atoms with Gasteiger partial charge in [0, 0.05) is 14.1 Å². The number of carbonyl (C=O) groups excluding carboxylic acids is 5. The van der Waals surface area contributed by atoms with E-state index in [4.69, 9.17) is 4.74 Å². The van der Waals surface area contributed by atoms with Gasteiger partial charge in [-0.2, -0.15) is 0 Å². The van der Waals surface area contributed by atoms with Crippen LogP contribution >= 0.6 is 0 Å². The zero-order valence-electron chi connectivity index (χ0n) is 14.4. The van der Waals surface area contributed by atoms with Gasteiger partial charge in [0.2, 0.25) is 17.7 Å². The molecule has 1 saturated heterocycles. The minimum Gasteiger partial charge on any atom is -0.454 e. The Morgan fingerprint density at radius 3 is 2.20 bits per heavy atom. The van der Waals surface area contributed by atoms with Gasteiger partial charge in [-0.25, -0.2) is 0 Å². The zero-order valence-corrected chi connectivity index (χ0v) is 14.4. The first-order valence-electron chi connectivity index (χ1n) is 8.29. The van der Waals surface area contributed by atoms with Crippen LogP contribution in [-0.4, -0.2) is 73.2 Å². The van der Waals surface area contributed by atoms with E-state index >= 15 is 0 Å². The van der Waals surface area contributed by atoms with Crippen LogP contribution in [0.2, 0.25) is 0 Å². The van der Waals surface area contributed by atoms with Crippen molar-refractivity contribution in [2.75, 3.05) is 33.8 Å². The van der Waals surface area contributed by atoms with Gasteiger partial charge in [-0.05, 0) is 12.8 Å². The van der Waals surface area contributed by atoms with E-state index in [9.17, 15) is 24.0 Å². The third-order valence-corrected chi connectivity index (χ3v) is 4.52. The van der Waals surface area contributed by atoms with Gasteiger partial charge in [-0.1, -0.05) is 12.8 Å². The second-order valence-corrected chi connectivity index (χ2v) is 6.49. The third-order valence-electron chi connectivity index (χ3n) is 4.52. The molecule has 0 aromatic heterocycles. The van der Waals surface area contributed by atoms with Crippen LogP contribution in [0.4, 0.5) is 0 Å². The van der Waals surface area contributed by atoms with Gasteiger partial charge in [0.05, 0.1) is 18.4 Å². The standard InChI is InChI=1S/C16H23N3O6/c1-18(2)13(21)7-17-12(20)9-25-14(22)8-19-15(23)10-5-3-4-6-11(10)16(19)24/h10-11H,3-9H2,1-2H3,(H,17,20)/t10-,11-/m0/s1. The summed E-state index contributed by atoms with van der Waals surface area (Å²) in [6, 6.07) is 0. The van der Waals surface area contributed by atoms with Crippen LogP contribution < -0.4 is 5.32 Å². The van der Waals surface area contributed by atoms with Crippen LogP contribution in [0.5, 0.6) is 0 Å². The maximum absolute atomic E-state index is 12.2. The second-order valence-electron chi connectivity index (χ2n) is 6.49. The molecule has 138 valence electrons. The van der Waals surface area contributed by atoms with Crippen molar-refractivity contribution in [2.45, 2.75) is 25.7 Å². The average molecular weight is 353 g/mol. The molecule has 25 heavy (non-hydrogen) atoms. The fourth-order valence-electron chi connectivity index (χ4n) is 3.09. The number of hydrogen-bond acceptors (Lipinski definition) is 6. The Bertz CT molecular complexity index is 564. The van der Waals surface area contributed by atoms with E-state index in [0.29, 0.717) is 12.8 Å². The number of esters is 1. The van der Waals surface area contributed by atoms with Gasteiger partial charge in [-0.3, -0.25) is 28.9 Å². The average Bonchev–Trinajstić information content (AvgIpc) is 2.83. The number of hydrogen-bond donors (Lipinski definition) is 1. The number of ether oxygens (including phenoxy) is 1. The number of fused-ring (bicyclic) bond motifs is 1. The molecular formula is C16H23N3O6. The van der Waals surface area contributed by atoms with Crippen molar-refractivity contribution in [2.24, 2.45) is 11.8 Å². The van der Waals surface area contributed by atoms with Crippen LogP contribution in [0, 0.1) is 11.8 Å². The van der Waals surface area contributed by atoms with E-state index in [1.807, 2.05) is 0 Å². The highest BCUT2D eigenvalue weighted by Crippen LogP contribution is 2.37. The fraction of sp³-hybridized carbons (Fsp3) is 0.688. The van der Waals surface area contributed by atoms with Crippen molar-refractivity contribution in [1.29, 1.82) is 0 Å². The van der Waals surface area contributed by atoms with E-state index in [0.717, 1.165) is 17.7 Å². The van der Waals surface area contributed by atoms with Crippen molar-refractivity contribution >= 4 is 29.6 Å². The van der Waals surface area contributed by atoms with Crippen molar-refractivity contribution in [3.05, 3.63) is 0 Å². The highest BCUT2D eigenvalue weighted by atomic mass is 16.5. The summed E-state index contributed by atoms with van der Waals surface area (Å²) in [5.41, 5.74) is 0. The number of carbonyl (C=O) groups is 5. The first-order chi connectivity index (χ1) is 11.8. The van der Waals surface area contributed by atoms with Crippen molar-refractivity contribution < 1.29 is 28.7 Å². The number of amides is 4. The third kappa shape index (κ3) is 4.55. The largest absolute Gasteiger partial charge is 0.454 e. The van der Waals surface area contributed by atoms with Crippen LogP contribution in [0.25, 0.3) is 0 Å². The van der Waals surface area contributed by atoms with Gasteiger partial charge >= 0.3 is 5.97 Å². The van der Waals surface area contributed by atoms with E-state index in [1.54, 1.807) is 14.1 Å². The molecule has 1 saturated carbocycles. The molecule has 2 fully saturated rings. The van der Waals surface area contributed by atoms with Gasteiger partial charge < -0.3 is 15.0 Å². The SMILES string of the molecule is CN(C)C(=O)CNC(=O)COC(=O)CN1C(=O)[C@H]2CCCC[C@@H]2C1=O. The zero-order chi connectivity index (χ0) is 18.6. The number of nitrogens with zero attached hydrogens (tertiary/aromatic N) is 2. The van der Waals surface area contributed by atoms with Crippen LogP contribution in [0.15, 0.2) is 0 Å². The first kappa shape index (κ1) is 18.9. The molecule has 2 rings (SSSR count). The number of nitrogens with one attached hydrogen (secondary N) is 1. The highest BCUT2D eigenvalue weighted by molar-refractivity contribution is 6.07. The normalized spacial score (nSPS) is 22.4. The summed E-state index contributed by atoms with van der Waals surface area (Å²) in [4.78, 5) is 61.4. The van der Waals surface area contributed by atoms with E-state index < -0.39 is 25.0 Å². The lowest BCUT2D eigenvalue weighted by Gasteiger charge is -2.19. The molecule has 1 N–H and O–H groups in total. The molecule has 0 aromatic rings. The quantitative estimate of drug-likeness (QED) is 0.479. The lowest BCUT2D eigenvalue weighted by molar-refractivity contribution is -0.155. The number of likely N-dealkylation sites (tertiary alicyclic amines) is 1. The molecule has 1 heterocycles. The second kappa shape index (κ2) is 8.09. The molecular weight excluding hydrogens is 330 g/mol. The number of imide groups is 1. The topological polar surface area (TPSA) is 113 Å². The van der Waals surface area contributed by atoms with Gasteiger partial charge in [-0.15, -0.1) is 0 Å². The smallest absolute Gasteiger partial charge is 0.326 e. The van der Waals surface area contributed by atoms with Crippen molar-refractivity contribution in [3.63, 3.8) is 0 Å². The maximum Gasteiger partial charge on any atom is 0.326 e. The predicted octanol–water partition coefficient (Wildman–Crippen LogP) is -1.09. The summed E-state index contributed by atoms with van der Waals surface area (Å²) in [5, 5.41) is 2.32. The molecule has 0 unspecified atom stereocenters. The lowest BCUT2D eigenvalue weighted by Crippen LogP contribution is -2.40. The fourth-order valence-corrected chi connectivity index (χ4v) is 3.09. The van der Waals surface area contributed by atoms with Crippen LogP contribution in [0.1, 0.15) is 25.7 Å². The summed E-state index contributed by atoms with van der Waals surface area (Å²) in [6.45, 7) is -1.24. The van der Waals surface area contributed by atoms with Crippen LogP contribution in [0.3, 0.4) is 0 Å². The molecule has 2 atom stereocenters. The molecule has 9 nitrogen and oxygen atoms in total. The molecule has 1 aliphatic heterocycles. The number of likely N-dealkylation sites (N-methyl/N-ethyl adjacent to an activating group) is 1. The molecule has 0 bridgehead atoms. The Labute approximate surface area is 145 Å². The summed E-state index contributed by atoms with van der Waals surface area (Å²) in [6.07, 6.45) is 3.15. The monoisotopic (exact) mass is 353 g/mol. The Hall–Kier alpha value is -2.45. The van der Waals surface area contributed by atoms with Crippen LogP contribution in [-0.2, 0) is 28.7 Å². The Kier molecular flexibility index (Phi) is 6.11. The molecule has 2 aliphatic rings. The van der Waals surface area contributed by atoms with Gasteiger partial charge in [0.25, 0.3) is 5.91 Å². The highest BCUT2D eigenvalue weighted by Gasteiger charge is 2.48. The molecule has 0 spiro atoms. The summed E-state index contributed by atoms with van der Waals surface area (Å²) in [5.74, 6) is -3.05. The predicted molar refractivity (Wildman–Crippen MR) is 84.8 cm³/mol.